The molecule has 2 atom stereocenters. The first-order chi connectivity index (χ1) is 7.02. The van der Waals surface area contributed by atoms with Gasteiger partial charge < -0.3 is 16.0 Å². The van der Waals surface area contributed by atoms with Gasteiger partial charge in [0.1, 0.15) is 0 Å². The molecule has 0 radical (unpaired) electrons. The smallest absolute Gasteiger partial charge is 0.239 e. The van der Waals surface area contributed by atoms with Crippen molar-refractivity contribution in [2.75, 3.05) is 13.1 Å². The van der Waals surface area contributed by atoms with Crippen LogP contribution in [-0.4, -0.2) is 41.9 Å². The van der Waals surface area contributed by atoms with Crippen LogP contribution in [0, 0.1) is 0 Å². The Morgan fingerprint density at radius 2 is 2.27 bits per heavy atom. The second-order valence-electron chi connectivity index (χ2n) is 4.05. The lowest BCUT2D eigenvalue weighted by atomic mass is 10.2. The van der Waals surface area contributed by atoms with E-state index >= 15 is 0 Å². The molecule has 0 aliphatic carbocycles. The first-order valence-electron chi connectivity index (χ1n) is 5.33. The molecule has 0 aromatic carbocycles. The molecule has 1 fully saturated rings. The Bertz CT molecular complexity index is 253. The van der Waals surface area contributed by atoms with Gasteiger partial charge in [0, 0.05) is 26.1 Å². The number of likely N-dealkylation sites (tertiary alicyclic amines) is 1. The van der Waals surface area contributed by atoms with E-state index in [9.17, 15) is 9.59 Å². The van der Waals surface area contributed by atoms with E-state index in [0.717, 1.165) is 19.4 Å². The molecular weight excluding hydrogens is 194 g/mol. The number of nitrogens with one attached hydrogen (secondary N) is 1. The minimum absolute atomic E-state index is 0.0251. The summed E-state index contributed by atoms with van der Waals surface area (Å²) in [6.45, 7) is 4.46. The zero-order valence-corrected chi connectivity index (χ0v) is 9.32. The molecule has 1 heterocycles. The first kappa shape index (κ1) is 12.0. The third kappa shape index (κ3) is 3.20. The van der Waals surface area contributed by atoms with Gasteiger partial charge in [0.2, 0.25) is 11.8 Å². The van der Waals surface area contributed by atoms with Gasteiger partial charge in [-0.2, -0.15) is 0 Å². The number of hydrogen-bond acceptors (Lipinski definition) is 3. The molecule has 1 aliphatic rings. The number of carbonyl (C=O) groups is 2. The zero-order valence-electron chi connectivity index (χ0n) is 9.32. The van der Waals surface area contributed by atoms with Crippen molar-refractivity contribution in [1.82, 2.24) is 10.2 Å². The maximum atomic E-state index is 11.7. The Morgan fingerprint density at radius 3 is 2.80 bits per heavy atom. The Kier molecular flexibility index (Phi) is 4.08. The van der Waals surface area contributed by atoms with Crippen LogP contribution in [0.25, 0.3) is 0 Å². The maximum Gasteiger partial charge on any atom is 0.239 e. The molecule has 5 heteroatoms. The van der Waals surface area contributed by atoms with E-state index < -0.39 is 6.04 Å². The topological polar surface area (TPSA) is 75.4 Å². The summed E-state index contributed by atoms with van der Waals surface area (Å²) in [5, 5.41) is 2.74. The lowest BCUT2D eigenvalue weighted by molar-refractivity contribution is -0.133. The monoisotopic (exact) mass is 213 g/mol. The summed E-state index contributed by atoms with van der Waals surface area (Å²) < 4.78 is 0. The third-order valence-electron chi connectivity index (χ3n) is 2.64. The van der Waals surface area contributed by atoms with Gasteiger partial charge in [-0.1, -0.05) is 0 Å². The molecule has 1 rings (SSSR count). The van der Waals surface area contributed by atoms with Gasteiger partial charge in [0.05, 0.1) is 6.04 Å². The highest BCUT2D eigenvalue weighted by atomic mass is 16.2. The Hall–Kier alpha value is -1.10. The first-order valence-corrected chi connectivity index (χ1v) is 5.33. The largest absolute Gasteiger partial charge is 0.354 e. The summed E-state index contributed by atoms with van der Waals surface area (Å²) in [5.74, 6) is -0.0852. The molecule has 86 valence electrons. The highest BCUT2D eigenvalue weighted by Crippen LogP contribution is 2.17. The molecular formula is C10H19N3O2. The van der Waals surface area contributed by atoms with Gasteiger partial charge in [0.15, 0.2) is 0 Å². The summed E-state index contributed by atoms with van der Waals surface area (Å²) >= 11 is 0. The van der Waals surface area contributed by atoms with E-state index in [2.05, 4.69) is 5.32 Å². The predicted molar refractivity (Wildman–Crippen MR) is 57.1 cm³/mol. The molecule has 1 saturated heterocycles. The van der Waals surface area contributed by atoms with E-state index in [1.807, 2.05) is 0 Å². The van der Waals surface area contributed by atoms with Gasteiger partial charge in [-0.05, 0) is 19.8 Å². The SMILES string of the molecule is CC(=O)NC[C@@H]1CCCN1C(=O)[C@H](C)N. The molecule has 0 aromatic rings. The minimum atomic E-state index is -0.456. The summed E-state index contributed by atoms with van der Waals surface area (Å²) in [6.07, 6.45) is 1.93. The lowest BCUT2D eigenvalue weighted by Gasteiger charge is -2.26. The third-order valence-corrected chi connectivity index (χ3v) is 2.64. The fraction of sp³-hybridized carbons (Fsp3) is 0.800. The molecule has 0 spiro atoms. The Labute approximate surface area is 90.0 Å². The van der Waals surface area contributed by atoms with Crippen LogP contribution < -0.4 is 11.1 Å². The predicted octanol–water partition coefficient (Wildman–Crippen LogP) is -0.539. The quantitative estimate of drug-likeness (QED) is 0.661. The number of rotatable bonds is 3. The van der Waals surface area contributed by atoms with Crippen molar-refractivity contribution < 1.29 is 9.59 Å². The van der Waals surface area contributed by atoms with Gasteiger partial charge in [-0.15, -0.1) is 0 Å². The molecule has 1 aliphatic heterocycles. The molecule has 0 bridgehead atoms. The average Bonchev–Trinajstić information content (AvgIpc) is 2.60. The van der Waals surface area contributed by atoms with Crippen molar-refractivity contribution >= 4 is 11.8 Å². The van der Waals surface area contributed by atoms with Crippen LogP contribution in [0.5, 0.6) is 0 Å². The van der Waals surface area contributed by atoms with Gasteiger partial charge in [-0.25, -0.2) is 0 Å². The van der Waals surface area contributed by atoms with E-state index in [4.69, 9.17) is 5.73 Å². The second-order valence-corrected chi connectivity index (χ2v) is 4.05. The summed E-state index contributed by atoms with van der Waals surface area (Å²) in [4.78, 5) is 24.2. The Morgan fingerprint density at radius 1 is 1.60 bits per heavy atom. The molecule has 2 amide bonds. The second kappa shape index (κ2) is 5.11. The fourth-order valence-electron chi connectivity index (χ4n) is 1.86. The molecule has 3 N–H and O–H groups in total. The number of carbonyl (C=O) groups excluding carboxylic acids is 2. The summed E-state index contributed by atoms with van der Waals surface area (Å²) in [5.41, 5.74) is 5.56. The van der Waals surface area contributed by atoms with Crippen molar-refractivity contribution in [3.05, 3.63) is 0 Å². The van der Waals surface area contributed by atoms with E-state index in [1.165, 1.54) is 6.92 Å². The molecule has 0 aromatic heterocycles. The molecule has 0 unspecified atom stereocenters. The molecule has 5 nitrogen and oxygen atoms in total. The van der Waals surface area contributed by atoms with E-state index in [0.29, 0.717) is 6.54 Å². The number of amides is 2. The number of nitrogens with zero attached hydrogens (tertiary/aromatic N) is 1. The van der Waals surface area contributed by atoms with Crippen LogP contribution in [0.2, 0.25) is 0 Å². The van der Waals surface area contributed by atoms with Crippen LogP contribution in [0.4, 0.5) is 0 Å². The Balaban J connectivity index is 2.49. The maximum absolute atomic E-state index is 11.7. The van der Waals surface area contributed by atoms with E-state index in [-0.39, 0.29) is 17.9 Å². The average molecular weight is 213 g/mol. The van der Waals surface area contributed by atoms with E-state index in [1.54, 1.807) is 11.8 Å². The highest BCUT2D eigenvalue weighted by molar-refractivity contribution is 5.82. The highest BCUT2D eigenvalue weighted by Gasteiger charge is 2.29. The summed E-state index contributed by atoms with van der Waals surface area (Å²) in [6, 6.07) is -0.338. The van der Waals surface area contributed by atoms with Crippen molar-refractivity contribution in [2.45, 2.75) is 38.8 Å². The van der Waals surface area contributed by atoms with Crippen molar-refractivity contribution in [1.29, 1.82) is 0 Å². The van der Waals surface area contributed by atoms with Gasteiger partial charge in [0.25, 0.3) is 0 Å². The normalized spacial score (nSPS) is 22.6. The zero-order chi connectivity index (χ0) is 11.4. The van der Waals surface area contributed by atoms with Gasteiger partial charge >= 0.3 is 0 Å². The lowest BCUT2D eigenvalue weighted by Crippen LogP contribution is -2.48. The molecule has 0 saturated carbocycles. The van der Waals surface area contributed by atoms with Crippen LogP contribution >= 0.6 is 0 Å². The minimum Gasteiger partial charge on any atom is -0.354 e. The fourth-order valence-corrected chi connectivity index (χ4v) is 1.86. The van der Waals surface area contributed by atoms with Crippen molar-refractivity contribution in [3.8, 4) is 0 Å². The number of nitrogens with two attached hydrogens (primary N) is 1. The molecule has 15 heavy (non-hydrogen) atoms. The summed E-state index contributed by atoms with van der Waals surface area (Å²) in [7, 11) is 0. The van der Waals surface area contributed by atoms with Crippen molar-refractivity contribution in [2.24, 2.45) is 5.73 Å². The van der Waals surface area contributed by atoms with Crippen LogP contribution in [0.15, 0.2) is 0 Å². The van der Waals surface area contributed by atoms with Crippen LogP contribution in [0.3, 0.4) is 0 Å². The van der Waals surface area contributed by atoms with Gasteiger partial charge in [-0.3, -0.25) is 9.59 Å². The van der Waals surface area contributed by atoms with Crippen LogP contribution in [0.1, 0.15) is 26.7 Å². The van der Waals surface area contributed by atoms with Crippen molar-refractivity contribution in [3.63, 3.8) is 0 Å². The van der Waals surface area contributed by atoms with Crippen LogP contribution in [-0.2, 0) is 9.59 Å². The number of hydrogen-bond donors (Lipinski definition) is 2. The standard InChI is InChI=1S/C10H19N3O2/c1-7(11)10(15)13-5-3-4-9(13)6-12-8(2)14/h7,9H,3-6,11H2,1-2H3,(H,12,14)/t7-,9-/m0/s1.